The maximum atomic E-state index is 13.0. The highest BCUT2D eigenvalue weighted by molar-refractivity contribution is 8.00. The van der Waals surface area contributed by atoms with Crippen molar-refractivity contribution in [2.24, 2.45) is 0 Å². The zero-order valence-electron chi connectivity index (χ0n) is 19.5. The summed E-state index contributed by atoms with van der Waals surface area (Å²) in [6.45, 7) is 3.44. The molecule has 0 aliphatic carbocycles. The fourth-order valence-corrected chi connectivity index (χ4v) is 4.54. The van der Waals surface area contributed by atoms with E-state index in [0.29, 0.717) is 11.3 Å². The molecule has 1 aromatic carbocycles. The predicted octanol–water partition coefficient (Wildman–Crippen LogP) is 2.85. The van der Waals surface area contributed by atoms with Gasteiger partial charge >= 0.3 is 11.5 Å². The monoisotopic (exact) mass is 522 g/mol. The Labute approximate surface area is 210 Å². The van der Waals surface area contributed by atoms with Gasteiger partial charge in [0, 0.05) is 37.3 Å². The van der Waals surface area contributed by atoms with Gasteiger partial charge in [0.1, 0.15) is 6.54 Å². The number of benzene rings is 1. The molecule has 0 radical (unpaired) electrons. The summed E-state index contributed by atoms with van der Waals surface area (Å²) >= 11 is -0.271. The van der Waals surface area contributed by atoms with Gasteiger partial charge < -0.3 is 15.1 Å². The highest BCUT2D eigenvalue weighted by Crippen LogP contribution is 2.37. The summed E-state index contributed by atoms with van der Waals surface area (Å²) in [6.07, 6.45) is 3.02. The molecule has 0 bridgehead atoms. The van der Waals surface area contributed by atoms with E-state index in [1.165, 1.54) is 41.6 Å². The van der Waals surface area contributed by atoms with Crippen molar-refractivity contribution in [3.05, 3.63) is 48.3 Å². The Morgan fingerprint density at radius 3 is 2.44 bits per heavy atom. The molecule has 0 atom stereocenters. The number of piperazine rings is 1. The minimum Gasteiger partial charge on any atom is -0.323 e. The van der Waals surface area contributed by atoms with Crippen LogP contribution in [0.4, 0.5) is 29.3 Å². The Balaban J connectivity index is 1.40. The number of hydrogen-bond acceptors (Lipinski definition) is 7. The van der Waals surface area contributed by atoms with Crippen LogP contribution in [0.5, 0.6) is 0 Å². The lowest BCUT2D eigenvalue weighted by atomic mass is 10.2. The third-order valence-corrected chi connectivity index (χ3v) is 6.61. The maximum Gasteiger partial charge on any atom is 0.446 e. The van der Waals surface area contributed by atoms with Crippen LogP contribution in [-0.4, -0.2) is 89.4 Å². The molecule has 2 aliphatic heterocycles. The number of amides is 4. The van der Waals surface area contributed by atoms with E-state index in [-0.39, 0.29) is 47.9 Å². The summed E-state index contributed by atoms with van der Waals surface area (Å²) in [7, 11) is 2.03. The van der Waals surface area contributed by atoms with Crippen molar-refractivity contribution in [1.82, 2.24) is 19.7 Å². The number of alkyl halides is 3. The maximum absolute atomic E-state index is 13.0. The number of carbonyl (C=O) groups excluding carboxylic acids is 3. The number of aromatic nitrogens is 1. The molecule has 2 aromatic rings. The second kappa shape index (κ2) is 10.8. The molecular weight excluding hydrogens is 497 g/mol. The van der Waals surface area contributed by atoms with Crippen LogP contribution in [0.15, 0.2) is 47.6 Å². The number of nitrogens with one attached hydrogen (secondary N) is 1. The van der Waals surface area contributed by atoms with Crippen LogP contribution in [0.3, 0.4) is 0 Å². The van der Waals surface area contributed by atoms with Crippen LogP contribution in [0.25, 0.3) is 0 Å². The molecule has 2 fully saturated rings. The Kier molecular flexibility index (Phi) is 7.81. The van der Waals surface area contributed by atoms with E-state index in [1.807, 2.05) is 7.05 Å². The average Bonchev–Trinajstić information content (AvgIpc) is 3.09. The van der Waals surface area contributed by atoms with Crippen LogP contribution < -0.4 is 10.2 Å². The van der Waals surface area contributed by atoms with E-state index >= 15 is 0 Å². The third kappa shape index (κ3) is 6.53. The van der Waals surface area contributed by atoms with Gasteiger partial charge in [-0.3, -0.25) is 19.5 Å². The standard InChI is InChI=1S/C23H25F3N6O3S/c1-29-8-10-30(11-9-29)14-20(33)28-19-12-27-7-6-16(19)13-31-15-21(34)32(22(31)35)17-2-4-18(5-3-17)36-23(24,25)26/h2-7,12H,8-11,13-15H2,1H3,(H,28,33). The van der Waals surface area contributed by atoms with Crippen molar-refractivity contribution in [1.29, 1.82) is 0 Å². The average molecular weight is 523 g/mol. The summed E-state index contributed by atoms with van der Waals surface area (Å²) in [5.41, 5.74) is -3.19. The van der Waals surface area contributed by atoms with E-state index in [0.717, 1.165) is 31.1 Å². The van der Waals surface area contributed by atoms with Gasteiger partial charge in [0.15, 0.2) is 0 Å². The van der Waals surface area contributed by atoms with Crippen LogP contribution >= 0.6 is 11.8 Å². The lowest BCUT2D eigenvalue weighted by Crippen LogP contribution is -2.47. The molecule has 4 rings (SSSR count). The van der Waals surface area contributed by atoms with Gasteiger partial charge in [-0.05, 0) is 54.7 Å². The van der Waals surface area contributed by atoms with Gasteiger partial charge in [-0.1, -0.05) is 0 Å². The molecule has 1 N–H and O–H groups in total. The number of rotatable bonds is 7. The van der Waals surface area contributed by atoms with Crippen LogP contribution in [0.2, 0.25) is 0 Å². The second-order valence-corrected chi connectivity index (χ2v) is 9.71. The fourth-order valence-electron chi connectivity index (χ4n) is 4.00. The van der Waals surface area contributed by atoms with E-state index in [1.54, 1.807) is 6.07 Å². The summed E-state index contributed by atoms with van der Waals surface area (Å²) in [5, 5.41) is 2.85. The van der Waals surface area contributed by atoms with Crippen molar-refractivity contribution in [2.45, 2.75) is 16.9 Å². The number of urea groups is 1. The van der Waals surface area contributed by atoms with Crippen LogP contribution in [-0.2, 0) is 16.1 Å². The number of carbonyl (C=O) groups is 3. The fraction of sp³-hybridized carbons (Fsp3) is 0.391. The number of imide groups is 1. The SMILES string of the molecule is CN1CCN(CC(=O)Nc2cnccc2CN2CC(=O)N(c3ccc(SC(F)(F)F)cc3)C2=O)CC1. The van der Waals surface area contributed by atoms with Gasteiger partial charge in [-0.25, -0.2) is 9.69 Å². The molecule has 0 unspecified atom stereocenters. The molecular formula is C23H25F3N6O3S. The number of nitrogens with zero attached hydrogens (tertiary/aromatic N) is 5. The van der Waals surface area contributed by atoms with E-state index in [4.69, 9.17) is 0 Å². The summed E-state index contributed by atoms with van der Waals surface area (Å²) in [6, 6.07) is 6.12. The molecule has 4 amide bonds. The van der Waals surface area contributed by atoms with Gasteiger partial charge in [0.2, 0.25) is 5.91 Å². The molecule has 1 aromatic heterocycles. The molecule has 0 spiro atoms. The number of likely N-dealkylation sites (N-methyl/N-ethyl adjacent to an activating group) is 1. The molecule has 36 heavy (non-hydrogen) atoms. The zero-order chi connectivity index (χ0) is 25.9. The minimum absolute atomic E-state index is 0.0454. The van der Waals surface area contributed by atoms with Crippen molar-refractivity contribution in [3.63, 3.8) is 0 Å². The first-order chi connectivity index (χ1) is 17.1. The Morgan fingerprint density at radius 1 is 1.08 bits per heavy atom. The Bertz CT molecular complexity index is 1120. The summed E-state index contributed by atoms with van der Waals surface area (Å²) in [5.74, 6) is -0.693. The predicted molar refractivity (Wildman–Crippen MR) is 128 cm³/mol. The molecule has 2 saturated heterocycles. The summed E-state index contributed by atoms with van der Waals surface area (Å²) in [4.78, 5) is 48.7. The zero-order valence-corrected chi connectivity index (χ0v) is 20.3. The van der Waals surface area contributed by atoms with Crippen LogP contribution in [0, 0.1) is 0 Å². The molecule has 0 saturated carbocycles. The molecule has 2 aliphatic rings. The molecule has 13 heteroatoms. The first kappa shape index (κ1) is 25.9. The first-order valence-corrected chi connectivity index (χ1v) is 12.0. The smallest absolute Gasteiger partial charge is 0.323 e. The number of pyridine rings is 1. The normalized spacial score (nSPS) is 17.7. The minimum atomic E-state index is -4.43. The second-order valence-electron chi connectivity index (χ2n) is 8.57. The number of halogens is 3. The van der Waals surface area contributed by atoms with Crippen molar-refractivity contribution < 1.29 is 27.6 Å². The lowest BCUT2D eigenvalue weighted by molar-refractivity contribution is -0.118. The van der Waals surface area contributed by atoms with Crippen molar-refractivity contribution in [2.75, 3.05) is 56.5 Å². The van der Waals surface area contributed by atoms with Crippen LogP contribution in [0.1, 0.15) is 5.56 Å². The van der Waals surface area contributed by atoms with E-state index in [9.17, 15) is 27.6 Å². The van der Waals surface area contributed by atoms with E-state index < -0.39 is 17.4 Å². The van der Waals surface area contributed by atoms with E-state index in [2.05, 4.69) is 20.1 Å². The molecule has 192 valence electrons. The van der Waals surface area contributed by atoms with Gasteiger partial charge in [-0.15, -0.1) is 0 Å². The number of hydrogen-bond donors (Lipinski definition) is 1. The lowest BCUT2D eigenvalue weighted by Gasteiger charge is -2.31. The van der Waals surface area contributed by atoms with Gasteiger partial charge in [-0.2, -0.15) is 13.2 Å². The molecule has 9 nitrogen and oxygen atoms in total. The molecule has 3 heterocycles. The first-order valence-electron chi connectivity index (χ1n) is 11.2. The topological polar surface area (TPSA) is 89.1 Å². The van der Waals surface area contributed by atoms with Crippen molar-refractivity contribution in [3.8, 4) is 0 Å². The Hall–Kier alpha value is -3.16. The largest absolute Gasteiger partial charge is 0.446 e. The number of anilines is 2. The van der Waals surface area contributed by atoms with Gasteiger partial charge in [0.25, 0.3) is 5.91 Å². The van der Waals surface area contributed by atoms with Crippen molar-refractivity contribution >= 4 is 41.0 Å². The highest BCUT2D eigenvalue weighted by Gasteiger charge is 2.37. The Morgan fingerprint density at radius 2 is 1.78 bits per heavy atom. The number of thioether (sulfide) groups is 1. The third-order valence-electron chi connectivity index (χ3n) is 5.88. The van der Waals surface area contributed by atoms with Gasteiger partial charge in [0.05, 0.1) is 30.7 Å². The summed E-state index contributed by atoms with van der Waals surface area (Å²) < 4.78 is 37.7. The highest BCUT2D eigenvalue weighted by atomic mass is 32.2. The quantitative estimate of drug-likeness (QED) is 0.442.